The van der Waals surface area contributed by atoms with Gasteiger partial charge in [0, 0.05) is 11.6 Å². The Morgan fingerprint density at radius 1 is 1.29 bits per heavy atom. The van der Waals surface area contributed by atoms with E-state index in [2.05, 4.69) is 15.0 Å². The molecule has 6 nitrogen and oxygen atoms in total. The Bertz CT molecular complexity index is 798. The van der Waals surface area contributed by atoms with Crippen LogP contribution in [0.5, 0.6) is 0 Å². The number of carbonyl (C=O) groups is 1. The van der Waals surface area contributed by atoms with E-state index in [1.807, 2.05) is 36.4 Å². The zero-order valence-corrected chi connectivity index (χ0v) is 13.8. The summed E-state index contributed by atoms with van der Waals surface area (Å²) in [6, 6.07) is 14.5. The number of urea groups is 1. The maximum Gasteiger partial charge on any atom is 0.320 e. The Labute approximate surface area is 143 Å². The van der Waals surface area contributed by atoms with Crippen LogP contribution in [0.25, 0.3) is 11.3 Å². The molecule has 2 amide bonds. The predicted octanol–water partition coefficient (Wildman–Crippen LogP) is 3.43. The Hall–Kier alpha value is -2.64. The van der Waals surface area contributed by atoms with E-state index in [9.17, 15) is 9.90 Å². The van der Waals surface area contributed by atoms with Crippen LogP contribution in [0.15, 0.2) is 59.2 Å². The summed E-state index contributed by atoms with van der Waals surface area (Å²) in [5.74, 6) is 0.395. The van der Waals surface area contributed by atoms with Gasteiger partial charge >= 0.3 is 6.03 Å². The third-order valence-corrected chi connectivity index (χ3v) is 4.17. The first-order valence-electron chi connectivity index (χ1n) is 7.38. The minimum Gasteiger partial charge on any atom is -0.466 e. The van der Waals surface area contributed by atoms with Gasteiger partial charge in [0.15, 0.2) is 0 Å². The van der Waals surface area contributed by atoms with Gasteiger partial charge in [0.2, 0.25) is 0 Å². The largest absolute Gasteiger partial charge is 0.466 e. The number of aromatic nitrogens is 1. The molecule has 0 aliphatic rings. The molecule has 2 aromatic heterocycles. The van der Waals surface area contributed by atoms with E-state index < -0.39 is 11.6 Å². The Balaban J connectivity index is 1.57. The highest BCUT2D eigenvalue weighted by Crippen LogP contribution is 2.25. The van der Waals surface area contributed by atoms with Gasteiger partial charge in [-0.15, -0.1) is 0 Å². The van der Waals surface area contributed by atoms with Crippen molar-refractivity contribution in [1.82, 2.24) is 9.69 Å². The lowest BCUT2D eigenvalue weighted by Gasteiger charge is -2.21. The minimum atomic E-state index is -1.27. The molecule has 0 saturated carbocycles. The van der Waals surface area contributed by atoms with Crippen LogP contribution in [0.2, 0.25) is 0 Å². The lowest BCUT2D eigenvalue weighted by atomic mass is 10.0. The average molecular weight is 343 g/mol. The van der Waals surface area contributed by atoms with Crippen LogP contribution in [-0.2, 0) is 5.60 Å². The molecular formula is C17H17N3O3S. The molecule has 3 aromatic rings. The highest BCUT2D eigenvalue weighted by Gasteiger charge is 2.26. The molecule has 3 rings (SSSR count). The third kappa shape index (κ3) is 3.81. The standard InChI is InChI=1S/C17H17N3O3S/c1-17(22,14-8-5-9-23-14)11-18-16(21)19-15-10-13(20-24-15)12-6-3-2-4-7-12/h2-10,22H,11H2,1H3,(H2,18,19,21). The molecule has 0 spiro atoms. The van der Waals surface area contributed by atoms with Crippen molar-refractivity contribution in [2.45, 2.75) is 12.5 Å². The zero-order chi connectivity index (χ0) is 17.0. The van der Waals surface area contributed by atoms with E-state index in [0.717, 1.165) is 11.3 Å². The molecule has 0 radical (unpaired) electrons. The van der Waals surface area contributed by atoms with Crippen molar-refractivity contribution in [3.05, 3.63) is 60.6 Å². The van der Waals surface area contributed by atoms with E-state index in [1.165, 1.54) is 17.8 Å². The van der Waals surface area contributed by atoms with Gasteiger partial charge in [-0.2, -0.15) is 4.37 Å². The van der Waals surface area contributed by atoms with Gasteiger partial charge < -0.3 is 14.8 Å². The number of furan rings is 1. The van der Waals surface area contributed by atoms with Crippen molar-refractivity contribution < 1.29 is 14.3 Å². The summed E-state index contributed by atoms with van der Waals surface area (Å²) in [5, 5.41) is 16.3. The van der Waals surface area contributed by atoms with Gasteiger partial charge in [-0.1, -0.05) is 30.3 Å². The maximum absolute atomic E-state index is 12.0. The number of rotatable bonds is 5. The molecule has 0 bridgehead atoms. The quantitative estimate of drug-likeness (QED) is 0.662. The van der Waals surface area contributed by atoms with E-state index in [0.29, 0.717) is 10.8 Å². The van der Waals surface area contributed by atoms with E-state index in [4.69, 9.17) is 4.42 Å². The number of aliphatic hydroxyl groups is 1. The first-order valence-corrected chi connectivity index (χ1v) is 8.15. The van der Waals surface area contributed by atoms with E-state index in [1.54, 1.807) is 19.1 Å². The van der Waals surface area contributed by atoms with Crippen molar-refractivity contribution in [2.75, 3.05) is 11.9 Å². The first kappa shape index (κ1) is 16.2. The third-order valence-electron chi connectivity index (χ3n) is 3.46. The summed E-state index contributed by atoms with van der Waals surface area (Å²) < 4.78 is 9.50. The first-order chi connectivity index (χ1) is 11.5. The molecule has 0 aliphatic carbocycles. The number of hydrogen-bond acceptors (Lipinski definition) is 5. The molecule has 3 N–H and O–H groups in total. The number of carbonyl (C=O) groups excluding carboxylic acids is 1. The zero-order valence-electron chi connectivity index (χ0n) is 13.0. The SMILES string of the molecule is CC(O)(CNC(=O)Nc1cc(-c2ccccc2)ns1)c1ccco1. The number of benzene rings is 1. The van der Waals surface area contributed by atoms with Crippen LogP contribution in [0.1, 0.15) is 12.7 Å². The number of nitrogens with zero attached hydrogens (tertiary/aromatic N) is 1. The van der Waals surface area contributed by atoms with Crippen LogP contribution in [0, 0.1) is 0 Å². The summed E-state index contributed by atoms with van der Waals surface area (Å²) in [7, 11) is 0. The fraction of sp³-hybridized carbons (Fsp3) is 0.176. The second kappa shape index (κ2) is 6.86. The lowest BCUT2D eigenvalue weighted by Crippen LogP contribution is -2.40. The molecule has 7 heteroatoms. The van der Waals surface area contributed by atoms with Crippen molar-refractivity contribution in [1.29, 1.82) is 0 Å². The molecule has 0 saturated heterocycles. The number of hydrogen-bond donors (Lipinski definition) is 3. The van der Waals surface area contributed by atoms with Crippen molar-refractivity contribution >= 4 is 22.6 Å². The van der Waals surface area contributed by atoms with Gasteiger partial charge in [0.05, 0.1) is 18.5 Å². The van der Waals surface area contributed by atoms with Gasteiger partial charge in [-0.05, 0) is 30.6 Å². The van der Waals surface area contributed by atoms with Gasteiger partial charge in [0.1, 0.15) is 16.4 Å². The highest BCUT2D eigenvalue weighted by molar-refractivity contribution is 7.10. The molecule has 0 aliphatic heterocycles. The summed E-state index contributed by atoms with van der Waals surface area (Å²) in [6.45, 7) is 1.60. The Morgan fingerprint density at radius 3 is 2.79 bits per heavy atom. The maximum atomic E-state index is 12.0. The lowest BCUT2D eigenvalue weighted by molar-refractivity contribution is 0.0372. The summed E-state index contributed by atoms with van der Waals surface area (Å²) in [4.78, 5) is 12.0. The summed E-state index contributed by atoms with van der Waals surface area (Å²) >= 11 is 1.20. The van der Waals surface area contributed by atoms with Crippen LogP contribution in [0.4, 0.5) is 9.80 Å². The summed E-state index contributed by atoms with van der Waals surface area (Å²) in [6.07, 6.45) is 1.48. The van der Waals surface area contributed by atoms with Crippen LogP contribution in [0.3, 0.4) is 0 Å². The molecule has 1 aromatic carbocycles. The molecular weight excluding hydrogens is 326 g/mol. The monoisotopic (exact) mass is 343 g/mol. The molecule has 124 valence electrons. The van der Waals surface area contributed by atoms with E-state index >= 15 is 0 Å². The fourth-order valence-electron chi connectivity index (χ4n) is 2.16. The van der Waals surface area contributed by atoms with Crippen molar-refractivity contribution in [3.8, 4) is 11.3 Å². The highest BCUT2D eigenvalue weighted by atomic mass is 32.1. The smallest absolute Gasteiger partial charge is 0.320 e. The second-order valence-corrected chi connectivity index (χ2v) is 6.31. The normalized spacial score (nSPS) is 13.2. The van der Waals surface area contributed by atoms with Crippen LogP contribution >= 0.6 is 11.5 Å². The molecule has 1 atom stereocenters. The van der Waals surface area contributed by atoms with Crippen molar-refractivity contribution in [2.24, 2.45) is 0 Å². The van der Waals surface area contributed by atoms with Gasteiger partial charge in [0.25, 0.3) is 0 Å². The predicted molar refractivity (Wildman–Crippen MR) is 92.9 cm³/mol. The molecule has 2 heterocycles. The van der Waals surface area contributed by atoms with Gasteiger partial charge in [-0.25, -0.2) is 4.79 Å². The minimum absolute atomic E-state index is 0.0245. The summed E-state index contributed by atoms with van der Waals surface area (Å²) in [5.41, 5.74) is 0.519. The fourth-order valence-corrected chi connectivity index (χ4v) is 2.82. The molecule has 1 unspecified atom stereocenters. The average Bonchev–Trinajstić information content (AvgIpc) is 3.26. The van der Waals surface area contributed by atoms with E-state index in [-0.39, 0.29) is 6.54 Å². The van der Waals surface area contributed by atoms with Crippen LogP contribution in [-0.4, -0.2) is 22.1 Å². The number of anilines is 1. The second-order valence-electron chi connectivity index (χ2n) is 5.50. The number of nitrogens with one attached hydrogen (secondary N) is 2. The Morgan fingerprint density at radius 2 is 2.08 bits per heavy atom. The topological polar surface area (TPSA) is 87.4 Å². The molecule has 24 heavy (non-hydrogen) atoms. The van der Waals surface area contributed by atoms with Crippen molar-refractivity contribution in [3.63, 3.8) is 0 Å². The number of amides is 2. The molecule has 0 fully saturated rings. The Kier molecular flexibility index (Phi) is 4.64. The van der Waals surface area contributed by atoms with Crippen LogP contribution < -0.4 is 10.6 Å². The van der Waals surface area contributed by atoms with Gasteiger partial charge in [-0.3, -0.25) is 5.32 Å².